The first-order valence-corrected chi connectivity index (χ1v) is 12.2. The van der Waals surface area contributed by atoms with Crippen molar-refractivity contribution in [3.05, 3.63) is 41.1 Å². The molecule has 35 heavy (non-hydrogen) atoms. The summed E-state index contributed by atoms with van der Waals surface area (Å²) in [6.07, 6.45) is -0.0695. The molecule has 0 aliphatic carbocycles. The van der Waals surface area contributed by atoms with Crippen LogP contribution in [-0.2, 0) is 12.4 Å². The van der Waals surface area contributed by atoms with Gasteiger partial charge in [0.15, 0.2) is 0 Å². The van der Waals surface area contributed by atoms with Crippen molar-refractivity contribution in [2.24, 2.45) is 5.73 Å². The Kier molecular flexibility index (Phi) is 11.7. The van der Waals surface area contributed by atoms with Gasteiger partial charge in [0, 0.05) is 11.9 Å². The minimum absolute atomic E-state index is 0.0740. The Labute approximate surface area is 202 Å². The number of nitrogens with two attached hydrogens (primary N) is 1. The summed E-state index contributed by atoms with van der Waals surface area (Å²) in [5.41, 5.74) is 1.69. The maximum absolute atomic E-state index is 13.4. The van der Waals surface area contributed by atoms with E-state index in [2.05, 4.69) is 10.3 Å². The van der Waals surface area contributed by atoms with Gasteiger partial charge >= 0.3 is 12.4 Å². The largest absolute Gasteiger partial charge is 0.433 e. The summed E-state index contributed by atoms with van der Waals surface area (Å²) in [4.78, 5) is 3.24. The van der Waals surface area contributed by atoms with Gasteiger partial charge in [0.1, 0.15) is 5.69 Å². The molecule has 1 aromatic heterocycles. The molecule has 0 bridgehead atoms. The van der Waals surface area contributed by atoms with Gasteiger partial charge in [-0.3, -0.25) is 0 Å². The lowest BCUT2D eigenvalue weighted by atomic mass is 9.99. The fourth-order valence-electron chi connectivity index (χ4n) is 4.08. The van der Waals surface area contributed by atoms with Crippen molar-refractivity contribution in [3.8, 4) is 0 Å². The van der Waals surface area contributed by atoms with Crippen LogP contribution in [0.25, 0.3) is 10.9 Å². The summed E-state index contributed by atoms with van der Waals surface area (Å²) in [7, 11) is 0. The molecule has 0 unspecified atom stereocenters. The van der Waals surface area contributed by atoms with E-state index in [4.69, 9.17) is 5.73 Å². The fraction of sp³-hybridized carbons (Fsp3) is 0.640. The second-order valence-corrected chi connectivity index (χ2v) is 8.84. The molecule has 1 heterocycles. The summed E-state index contributed by atoms with van der Waals surface area (Å²) < 4.78 is 80.0. The standard InChI is InChI=1S/C25H35F6N3O/c26-24(27,28)20-13-11-12-18-19(16-22(25(29,30)31)34-23(18)20)21(35)17-33-15-10-8-6-4-2-1-3-5-7-9-14-32/h11-13,16,21,33,35H,1-10,14-15,17,32H2/t21-/m1/s1. The highest BCUT2D eigenvalue weighted by atomic mass is 19.4. The number of hydrogen-bond donors (Lipinski definition) is 3. The Balaban J connectivity index is 1.87. The highest BCUT2D eigenvalue weighted by molar-refractivity contribution is 5.86. The van der Waals surface area contributed by atoms with Gasteiger partial charge in [-0.05, 0) is 43.6 Å². The highest BCUT2D eigenvalue weighted by Gasteiger charge is 2.37. The number of pyridine rings is 1. The third kappa shape index (κ3) is 9.57. The third-order valence-corrected chi connectivity index (χ3v) is 5.97. The Hall–Kier alpha value is -1.91. The molecule has 0 fully saturated rings. The smallest absolute Gasteiger partial charge is 0.387 e. The number of aliphatic hydroxyl groups is 1. The van der Waals surface area contributed by atoms with Crippen LogP contribution >= 0.6 is 0 Å². The first kappa shape index (κ1) is 29.3. The zero-order chi connectivity index (χ0) is 25.9. The Morgan fingerprint density at radius 3 is 1.94 bits per heavy atom. The van der Waals surface area contributed by atoms with Crippen molar-refractivity contribution in [1.29, 1.82) is 0 Å². The predicted octanol–water partition coefficient (Wildman–Crippen LogP) is 6.76. The Morgan fingerprint density at radius 2 is 1.40 bits per heavy atom. The van der Waals surface area contributed by atoms with Gasteiger partial charge in [0.25, 0.3) is 0 Å². The molecular formula is C25H35F6N3O. The lowest BCUT2D eigenvalue weighted by Crippen LogP contribution is -2.23. The number of benzene rings is 1. The summed E-state index contributed by atoms with van der Waals surface area (Å²) >= 11 is 0. The summed E-state index contributed by atoms with van der Waals surface area (Å²) in [5.74, 6) is 0. The van der Waals surface area contributed by atoms with Crippen LogP contribution in [0.15, 0.2) is 24.3 Å². The summed E-state index contributed by atoms with van der Waals surface area (Å²) in [5, 5.41) is 13.4. The van der Waals surface area contributed by atoms with Crippen LogP contribution in [0.4, 0.5) is 26.3 Å². The zero-order valence-corrected chi connectivity index (χ0v) is 19.8. The second kappa shape index (κ2) is 14.0. The van der Waals surface area contributed by atoms with E-state index in [0.717, 1.165) is 44.7 Å². The number of alkyl halides is 6. The van der Waals surface area contributed by atoms with Crippen LogP contribution in [0.1, 0.15) is 87.1 Å². The Morgan fingerprint density at radius 1 is 0.829 bits per heavy atom. The normalized spacial score (nSPS) is 13.5. The van der Waals surface area contributed by atoms with Gasteiger partial charge in [0.2, 0.25) is 0 Å². The Bertz CT molecular complexity index is 901. The van der Waals surface area contributed by atoms with Gasteiger partial charge in [-0.25, -0.2) is 4.98 Å². The number of aromatic nitrogens is 1. The number of aliphatic hydroxyl groups excluding tert-OH is 1. The topological polar surface area (TPSA) is 71.2 Å². The number of nitrogens with one attached hydrogen (secondary N) is 1. The maximum Gasteiger partial charge on any atom is 0.433 e. The second-order valence-electron chi connectivity index (χ2n) is 8.84. The molecule has 0 spiro atoms. The zero-order valence-electron chi connectivity index (χ0n) is 19.8. The van der Waals surface area contributed by atoms with Crippen LogP contribution < -0.4 is 11.1 Å². The first-order chi connectivity index (χ1) is 16.6. The molecule has 0 aliphatic heterocycles. The van der Waals surface area contributed by atoms with Gasteiger partial charge in [-0.15, -0.1) is 0 Å². The number of unbranched alkanes of at least 4 members (excludes halogenated alkanes) is 9. The molecule has 2 rings (SSSR count). The average molecular weight is 508 g/mol. The first-order valence-electron chi connectivity index (χ1n) is 12.2. The van der Waals surface area contributed by atoms with Crippen molar-refractivity contribution in [2.75, 3.05) is 19.6 Å². The van der Waals surface area contributed by atoms with E-state index in [0.29, 0.717) is 18.7 Å². The van der Waals surface area contributed by atoms with Crippen molar-refractivity contribution in [3.63, 3.8) is 0 Å². The molecule has 1 atom stereocenters. The molecule has 198 valence electrons. The summed E-state index contributed by atoms with van der Waals surface area (Å²) in [6.45, 7) is 1.23. The minimum atomic E-state index is -4.95. The molecule has 4 N–H and O–H groups in total. The lowest BCUT2D eigenvalue weighted by molar-refractivity contribution is -0.142. The van der Waals surface area contributed by atoms with Crippen molar-refractivity contribution < 1.29 is 31.4 Å². The van der Waals surface area contributed by atoms with Gasteiger partial charge < -0.3 is 16.2 Å². The number of halogens is 6. The number of hydrogen-bond acceptors (Lipinski definition) is 4. The van der Waals surface area contributed by atoms with Crippen LogP contribution in [0.5, 0.6) is 0 Å². The third-order valence-electron chi connectivity index (χ3n) is 5.97. The van der Waals surface area contributed by atoms with E-state index in [1.54, 1.807) is 0 Å². The molecule has 0 aliphatic rings. The molecule has 0 saturated heterocycles. The van der Waals surface area contributed by atoms with Gasteiger partial charge in [-0.1, -0.05) is 63.5 Å². The summed E-state index contributed by atoms with van der Waals surface area (Å²) in [6, 6.07) is 3.66. The van der Waals surface area contributed by atoms with E-state index in [9.17, 15) is 31.4 Å². The number of nitrogens with zero attached hydrogens (tertiary/aromatic N) is 1. The highest BCUT2D eigenvalue weighted by Crippen LogP contribution is 2.38. The average Bonchev–Trinajstić information content (AvgIpc) is 2.79. The van der Waals surface area contributed by atoms with Crippen molar-refractivity contribution in [1.82, 2.24) is 10.3 Å². The van der Waals surface area contributed by atoms with Gasteiger partial charge in [-0.2, -0.15) is 26.3 Å². The van der Waals surface area contributed by atoms with Gasteiger partial charge in [0.05, 0.1) is 17.2 Å². The molecule has 0 radical (unpaired) electrons. The minimum Gasteiger partial charge on any atom is -0.387 e. The fourth-order valence-corrected chi connectivity index (χ4v) is 4.08. The quantitative estimate of drug-likeness (QED) is 0.184. The SMILES string of the molecule is NCCCCCCCCCCCCNC[C@@H](O)c1cc(C(F)(F)F)nc2c(C(F)(F)F)cccc12. The molecule has 0 saturated carbocycles. The van der Waals surface area contributed by atoms with E-state index < -0.39 is 35.2 Å². The molecule has 2 aromatic rings. The molecule has 1 aromatic carbocycles. The van der Waals surface area contributed by atoms with Crippen molar-refractivity contribution in [2.45, 2.75) is 82.7 Å². The molecule has 4 nitrogen and oxygen atoms in total. The predicted molar refractivity (Wildman–Crippen MR) is 125 cm³/mol. The van der Waals surface area contributed by atoms with Crippen molar-refractivity contribution >= 4 is 10.9 Å². The molecule has 10 heteroatoms. The molecular weight excluding hydrogens is 472 g/mol. The van der Waals surface area contributed by atoms with Crippen LogP contribution in [0.2, 0.25) is 0 Å². The maximum atomic E-state index is 13.4. The molecule has 0 amide bonds. The van der Waals surface area contributed by atoms with E-state index in [1.807, 2.05) is 0 Å². The van der Waals surface area contributed by atoms with Crippen LogP contribution in [-0.4, -0.2) is 29.7 Å². The number of para-hydroxylation sites is 1. The number of rotatable bonds is 15. The van der Waals surface area contributed by atoms with E-state index in [1.165, 1.54) is 38.2 Å². The van der Waals surface area contributed by atoms with E-state index >= 15 is 0 Å². The number of fused-ring (bicyclic) bond motifs is 1. The lowest BCUT2D eigenvalue weighted by Gasteiger charge is -2.19. The monoisotopic (exact) mass is 507 g/mol. The van der Waals surface area contributed by atoms with E-state index in [-0.39, 0.29) is 17.5 Å². The van der Waals surface area contributed by atoms with Crippen LogP contribution in [0, 0.1) is 0 Å². The van der Waals surface area contributed by atoms with Crippen LogP contribution in [0.3, 0.4) is 0 Å².